The van der Waals surface area contributed by atoms with Crippen LogP contribution in [0.4, 0.5) is 5.82 Å². The van der Waals surface area contributed by atoms with Crippen LogP contribution in [0.1, 0.15) is 19.8 Å². The van der Waals surface area contributed by atoms with Crippen LogP contribution < -0.4 is 35.0 Å². The smallest absolute Gasteiger partial charge is 0.410 e. The summed E-state index contributed by atoms with van der Waals surface area (Å²) >= 11 is 0. The first-order valence-corrected chi connectivity index (χ1v) is 6.55. The molecule has 0 amide bonds. The number of pyridine rings is 1. The van der Waals surface area contributed by atoms with Crippen LogP contribution in [0.25, 0.3) is 0 Å². The molecule has 0 atom stereocenters. The minimum absolute atomic E-state index is 0. The standard InChI is InChI=1S/C9H12N4O4S.Na/c1-2-3-9(12-14)18(16,17)7-4-5-8(10-6-7)11-13-15;/h4-6,14H,2-3H2,1H3,(H,10,11,15);/q;+1/b12-9+;. The maximum atomic E-state index is 12.0. The number of nitroso groups, excluding NO2 is 1. The van der Waals surface area contributed by atoms with E-state index in [4.69, 9.17) is 5.21 Å². The quantitative estimate of drug-likeness (QED) is 0.171. The van der Waals surface area contributed by atoms with Crippen molar-refractivity contribution in [3.05, 3.63) is 23.2 Å². The van der Waals surface area contributed by atoms with E-state index < -0.39 is 9.84 Å². The Morgan fingerprint density at radius 2 is 2.16 bits per heavy atom. The molecule has 0 saturated carbocycles. The molecular weight excluding hydrogens is 283 g/mol. The number of hydrogen-bond acceptors (Lipinski definition) is 7. The topological polar surface area (TPSA) is 121 Å². The molecule has 98 valence electrons. The molecular formula is C9H12N4NaO4S+. The van der Waals surface area contributed by atoms with Gasteiger partial charge in [-0.3, -0.25) is 0 Å². The summed E-state index contributed by atoms with van der Waals surface area (Å²) in [7, 11) is -3.84. The molecule has 0 aliphatic carbocycles. The van der Waals surface area contributed by atoms with Crippen molar-refractivity contribution in [2.75, 3.05) is 5.43 Å². The number of hydrogen-bond donors (Lipinski definition) is 2. The number of aromatic nitrogens is 1. The Morgan fingerprint density at radius 1 is 1.47 bits per heavy atom. The van der Waals surface area contributed by atoms with Crippen LogP contribution >= 0.6 is 0 Å². The summed E-state index contributed by atoms with van der Waals surface area (Å²) in [5.41, 5.74) is 2.04. The van der Waals surface area contributed by atoms with Crippen LogP contribution in [0.5, 0.6) is 0 Å². The summed E-state index contributed by atoms with van der Waals surface area (Å²) < 4.78 is 24.0. The monoisotopic (exact) mass is 295 g/mol. The van der Waals surface area contributed by atoms with Crippen molar-refractivity contribution in [2.45, 2.75) is 24.7 Å². The van der Waals surface area contributed by atoms with E-state index in [9.17, 15) is 13.3 Å². The van der Waals surface area contributed by atoms with Crippen LogP contribution in [0, 0.1) is 4.91 Å². The first kappa shape index (κ1) is 18.0. The van der Waals surface area contributed by atoms with Gasteiger partial charge in [0.05, 0.1) is 10.2 Å². The molecule has 0 aliphatic rings. The molecule has 0 unspecified atom stereocenters. The fourth-order valence-electron chi connectivity index (χ4n) is 1.24. The fraction of sp³-hybridized carbons (Fsp3) is 0.333. The van der Waals surface area contributed by atoms with E-state index in [0.717, 1.165) is 6.20 Å². The van der Waals surface area contributed by atoms with E-state index in [-0.39, 0.29) is 51.7 Å². The molecule has 8 nitrogen and oxygen atoms in total. The van der Waals surface area contributed by atoms with E-state index in [0.29, 0.717) is 6.42 Å². The van der Waals surface area contributed by atoms with E-state index in [1.54, 1.807) is 6.92 Å². The third kappa shape index (κ3) is 4.53. The SMILES string of the molecule is CCC/C(=N\O)S(=O)(=O)c1ccc(NN=O)nc1.[Na+]. The molecule has 0 aliphatic heterocycles. The molecule has 1 aromatic heterocycles. The molecule has 0 bridgehead atoms. The van der Waals surface area contributed by atoms with Crippen LogP contribution in [0.3, 0.4) is 0 Å². The van der Waals surface area contributed by atoms with Crippen molar-refractivity contribution in [2.24, 2.45) is 10.4 Å². The second-order valence-electron chi connectivity index (χ2n) is 3.33. The Morgan fingerprint density at radius 3 is 2.58 bits per heavy atom. The van der Waals surface area contributed by atoms with Gasteiger partial charge in [-0.2, -0.15) is 0 Å². The molecule has 0 aromatic carbocycles. The second-order valence-corrected chi connectivity index (χ2v) is 5.28. The predicted molar refractivity (Wildman–Crippen MR) is 65.0 cm³/mol. The van der Waals surface area contributed by atoms with Gasteiger partial charge in [-0.15, -0.1) is 4.91 Å². The third-order valence-corrected chi connectivity index (χ3v) is 3.86. The Labute approximate surface area is 132 Å². The van der Waals surface area contributed by atoms with Crippen LogP contribution in [0.2, 0.25) is 0 Å². The van der Waals surface area contributed by atoms with Gasteiger partial charge in [0.2, 0.25) is 9.84 Å². The Kier molecular flexibility index (Phi) is 7.76. The summed E-state index contributed by atoms with van der Waals surface area (Å²) in [6.45, 7) is 1.77. The molecule has 0 radical (unpaired) electrons. The van der Waals surface area contributed by atoms with Crippen molar-refractivity contribution in [1.82, 2.24) is 4.98 Å². The minimum atomic E-state index is -3.84. The van der Waals surface area contributed by atoms with Gasteiger partial charge in [-0.05, 0) is 18.6 Å². The fourth-order valence-corrected chi connectivity index (χ4v) is 2.53. The van der Waals surface area contributed by atoms with Gasteiger partial charge in [0.15, 0.2) is 5.04 Å². The van der Waals surface area contributed by atoms with E-state index in [1.807, 2.05) is 5.43 Å². The molecule has 0 spiro atoms. The van der Waals surface area contributed by atoms with Gasteiger partial charge in [0.1, 0.15) is 5.82 Å². The van der Waals surface area contributed by atoms with Gasteiger partial charge in [-0.25, -0.2) is 18.8 Å². The first-order valence-electron chi connectivity index (χ1n) is 5.06. The van der Waals surface area contributed by atoms with Crippen LogP contribution in [0.15, 0.2) is 33.7 Å². The number of rotatable bonds is 5. The van der Waals surface area contributed by atoms with Gasteiger partial charge >= 0.3 is 29.6 Å². The number of sulfone groups is 1. The Bertz CT molecular complexity index is 544. The molecule has 1 rings (SSSR count). The Balaban J connectivity index is 0.00000324. The molecule has 0 fully saturated rings. The normalized spacial score (nSPS) is 11.5. The van der Waals surface area contributed by atoms with Gasteiger partial charge in [0, 0.05) is 12.6 Å². The molecule has 2 N–H and O–H groups in total. The van der Waals surface area contributed by atoms with Gasteiger partial charge < -0.3 is 5.21 Å². The zero-order valence-corrected chi connectivity index (χ0v) is 13.4. The predicted octanol–water partition coefficient (Wildman–Crippen LogP) is -1.46. The maximum Gasteiger partial charge on any atom is 1.00 e. The first-order chi connectivity index (χ1) is 8.56. The van der Waals surface area contributed by atoms with Crippen molar-refractivity contribution < 1.29 is 43.2 Å². The van der Waals surface area contributed by atoms with Crippen molar-refractivity contribution in [3.63, 3.8) is 0 Å². The van der Waals surface area contributed by atoms with E-state index in [2.05, 4.69) is 15.4 Å². The van der Waals surface area contributed by atoms with Crippen LogP contribution in [-0.4, -0.2) is 23.7 Å². The summed E-state index contributed by atoms with van der Waals surface area (Å²) in [6.07, 6.45) is 1.72. The molecule has 0 saturated heterocycles. The van der Waals surface area contributed by atoms with E-state index >= 15 is 0 Å². The molecule has 19 heavy (non-hydrogen) atoms. The second kappa shape index (κ2) is 8.20. The number of nitrogens with zero attached hydrogens (tertiary/aromatic N) is 3. The summed E-state index contributed by atoms with van der Waals surface area (Å²) in [5, 5.41) is 13.6. The summed E-state index contributed by atoms with van der Waals surface area (Å²) in [5.74, 6) is 0.127. The van der Waals surface area contributed by atoms with E-state index in [1.165, 1.54) is 12.1 Å². The number of oxime groups is 1. The summed E-state index contributed by atoms with van der Waals surface area (Å²) in [4.78, 5) is 13.5. The molecule has 1 heterocycles. The third-order valence-electron chi connectivity index (χ3n) is 2.09. The average molecular weight is 295 g/mol. The van der Waals surface area contributed by atoms with Crippen molar-refractivity contribution in [1.29, 1.82) is 0 Å². The largest absolute Gasteiger partial charge is 1.00 e. The molecule has 1 aromatic rings. The van der Waals surface area contributed by atoms with Crippen molar-refractivity contribution >= 4 is 20.7 Å². The van der Waals surface area contributed by atoms with Crippen molar-refractivity contribution in [3.8, 4) is 0 Å². The summed E-state index contributed by atoms with van der Waals surface area (Å²) in [6, 6.07) is 2.53. The minimum Gasteiger partial charge on any atom is -0.410 e. The number of anilines is 1. The zero-order valence-electron chi connectivity index (χ0n) is 10.6. The maximum absolute atomic E-state index is 12.0. The number of nitrogens with one attached hydrogen (secondary N) is 1. The molecule has 10 heteroatoms. The Hall–Kier alpha value is -1.03. The van der Waals surface area contributed by atoms with Gasteiger partial charge in [0.25, 0.3) is 0 Å². The zero-order chi connectivity index (χ0) is 13.6. The van der Waals surface area contributed by atoms with Crippen LogP contribution in [-0.2, 0) is 9.84 Å². The van der Waals surface area contributed by atoms with Gasteiger partial charge in [-0.1, -0.05) is 12.1 Å². The average Bonchev–Trinajstić information content (AvgIpc) is 2.36.